The molecule has 6 nitrogen and oxygen atoms in total. The summed E-state index contributed by atoms with van der Waals surface area (Å²) in [5, 5.41) is 2.85. The molecular formula is C20H20N2O4S. The van der Waals surface area contributed by atoms with Crippen LogP contribution in [0, 0.1) is 0 Å². The molecule has 0 aromatic heterocycles. The van der Waals surface area contributed by atoms with Gasteiger partial charge < -0.3 is 15.0 Å². The van der Waals surface area contributed by atoms with Gasteiger partial charge in [-0.3, -0.25) is 14.4 Å². The first kappa shape index (κ1) is 19.0. The molecule has 3 rings (SSSR count). The second kappa shape index (κ2) is 8.26. The van der Waals surface area contributed by atoms with Gasteiger partial charge in [-0.1, -0.05) is 6.07 Å². The predicted molar refractivity (Wildman–Crippen MR) is 106 cm³/mol. The minimum absolute atomic E-state index is 0.0796. The summed E-state index contributed by atoms with van der Waals surface area (Å²) in [6.45, 7) is 1.60. The number of ketones is 1. The Balaban J connectivity index is 1.70. The molecule has 2 aromatic rings. The molecule has 0 aliphatic carbocycles. The van der Waals surface area contributed by atoms with Crippen LogP contribution in [0.25, 0.3) is 0 Å². The summed E-state index contributed by atoms with van der Waals surface area (Å²) in [5.74, 6) is 0.0204. The Kier molecular flexibility index (Phi) is 5.81. The molecule has 0 bridgehead atoms. The molecular weight excluding hydrogens is 364 g/mol. The van der Waals surface area contributed by atoms with E-state index >= 15 is 0 Å². The number of anilines is 2. The van der Waals surface area contributed by atoms with Gasteiger partial charge in [-0.15, -0.1) is 11.8 Å². The van der Waals surface area contributed by atoms with Crippen molar-refractivity contribution in [2.75, 3.05) is 29.6 Å². The Bertz CT molecular complexity index is 897. The lowest BCUT2D eigenvalue weighted by molar-refractivity contribution is -0.121. The van der Waals surface area contributed by atoms with E-state index < -0.39 is 0 Å². The summed E-state index contributed by atoms with van der Waals surface area (Å²) in [4.78, 5) is 38.8. The molecule has 1 heterocycles. The fraction of sp³-hybridized carbons (Fsp3) is 0.250. The van der Waals surface area contributed by atoms with Crippen molar-refractivity contribution in [1.82, 2.24) is 0 Å². The van der Waals surface area contributed by atoms with Crippen LogP contribution in [0.1, 0.15) is 23.7 Å². The zero-order valence-corrected chi connectivity index (χ0v) is 16.0. The second-order valence-corrected chi connectivity index (χ2v) is 6.98. The van der Waals surface area contributed by atoms with Crippen molar-refractivity contribution in [3.05, 3.63) is 48.0 Å². The largest absolute Gasteiger partial charge is 0.482 e. The third-order valence-electron chi connectivity index (χ3n) is 4.22. The lowest BCUT2D eigenvalue weighted by atomic mass is 10.1. The van der Waals surface area contributed by atoms with Crippen LogP contribution in [0.4, 0.5) is 11.4 Å². The van der Waals surface area contributed by atoms with Crippen molar-refractivity contribution in [2.45, 2.75) is 18.2 Å². The summed E-state index contributed by atoms with van der Waals surface area (Å²) in [5.41, 5.74) is 1.74. The van der Waals surface area contributed by atoms with Crippen LogP contribution in [0.15, 0.2) is 47.4 Å². The van der Waals surface area contributed by atoms with Crippen LogP contribution in [-0.4, -0.2) is 37.0 Å². The first-order valence-electron chi connectivity index (χ1n) is 8.50. The number of nitrogens with zero attached hydrogens (tertiary/aromatic N) is 1. The number of ether oxygens (including phenoxy) is 1. The number of benzene rings is 2. The summed E-state index contributed by atoms with van der Waals surface area (Å²) < 4.78 is 5.42. The number of carbonyl (C=O) groups excluding carboxylic acids is 3. The van der Waals surface area contributed by atoms with Crippen LogP contribution >= 0.6 is 11.8 Å². The van der Waals surface area contributed by atoms with Gasteiger partial charge in [0.25, 0.3) is 5.91 Å². The number of rotatable bonds is 6. The highest BCUT2D eigenvalue weighted by molar-refractivity contribution is 7.98. The average Bonchev–Trinajstić information content (AvgIpc) is 2.66. The maximum absolute atomic E-state index is 12.3. The number of amides is 2. The van der Waals surface area contributed by atoms with E-state index in [1.54, 1.807) is 30.0 Å². The van der Waals surface area contributed by atoms with Gasteiger partial charge in [0.2, 0.25) is 5.91 Å². The molecule has 0 saturated heterocycles. The number of carbonyl (C=O) groups is 3. The van der Waals surface area contributed by atoms with Crippen molar-refractivity contribution >= 4 is 40.7 Å². The molecule has 0 saturated carbocycles. The fourth-order valence-electron chi connectivity index (χ4n) is 2.80. The van der Waals surface area contributed by atoms with Gasteiger partial charge >= 0.3 is 0 Å². The molecule has 0 radical (unpaired) electrons. The topological polar surface area (TPSA) is 75.7 Å². The monoisotopic (exact) mass is 384 g/mol. The average molecular weight is 384 g/mol. The van der Waals surface area contributed by atoms with Crippen molar-refractivity contribution in [3.8, 4) is 5.75 Å². The van der Waals surface area contributed by atoms with Crippen LogP contribution in [-0.2, 0) is 9.59 Å². The Morgan fingerprint density at radius 3 is 2.78 bits per heavy atom. The van der Waals surface area contributed by atoms with E-state index in [0.717, 1.165) is 10.6 Å². The molecule has 0 spiro atoms. The number of hydrogen-bond donors (Lipinski definition) is 1. The summed E-state index contributed by atoms with van der Waals surface area (Å²) in [7, 11) is 0. The predicted octanol–water partition coefficient (Wildman–Crippen LogP) is 3.37. The molecule has 2 amide bonds. The third kappa shape index (κ3) is 4.49. The van der Waals surface area contributed by atoms with E-state index in [9.17, 15) is 14.4 Å². The van der Waals surface area contributed by atoms with Gasteiger partial charge in [0, 0.05) is 29.1 Å². The number of hydrogen-bond acceptors (Lipinski definition) is 5. The third-order valence-corrected chi connectivity index (χ3v) is 4.95. The molecule has 0 atom stereocenters. The van der Waals surface area contributed by atoms with Crippen molar-refractivity contribution in [3.63, 3.8) is 0 Å². The standard InChI is InChI=1S/C20H20N2O4S/c1-13(23)14-6-7-18-17(10-14)22(20(25)12-26-18)9-8-19(24)21-15-4-3-5-16(11-15)27-2/h3-7,10-11H,8-9,12H2,1-2H3,(H,21,24). The molecule has 1 aliphatic heterocycles. The SMILES string of the molecule is CSc1cccc(NC(=O)CCN2C(=O)COc3ccc(C(C)=O)cc32)c1. The first-order valence-corrected chi connectivity index (χ1v) is 9.72. The van der Waals surface area contributed by atoms with Gasteiger partial charge in [0.05, 0.1) is 5.69 Å². The lowest BCUT2D eigenvalue weighted by Crippen LogP contribution is -2.40. The number of fused-ring (bicyclic) bond motifs is 1. The van der Waals surface area contributed by atoms with E-state index in [1.807, 2.05) is 30.5 Å². The minimum atomic E-state index is -0.236. The molecule has 7 heteroatoms. The van der Waals surface area contributed by atoms with E-state index in [4.69, 9.17) is 4.74 Å². The zero-order chi connectivity index (χ0) is 19.4. The van der Waals surface area contributed by atoms with E-state index in [-0.39, 0.29) is 37.2 Å². The Labute approximate surface area is 161 Å². The summed E-state index contributed by atoms with van der Waals surface area (Å²) >= 11 is 1.60. The molecule has 27 heavy (non-hydrogen) atoms. The normalized spacial score (nSPS) is 13.0. The van der Waals surface area contributed by atoms with Gasteiger partial charge in [0.15, 0.2) is 12.4 Å². The summed E-state index contributed by atoms with van der Waals surface area (Å²) in [6, 6.07) is 12.6. The van der Waals surface area contributed by atoms with Crippen molar-refractivity contribution in [2.24, 2.45) is 0 Å². The molecule has 0 fully saturated rings. The van der Waals surface area contributed by atoms with Gasteiger partial charge in [-0.25, -0.2) is 0 Å². The van der Waals surface area contributed by atoms with Crippen LogP contribution in [0.5, 0.6) is 5.75 Å². The van der Waals surface area contributed by atoms with Gasteiger partial charge in [-0.2, -0.15) is 0 Å². The molecule has 1 aliphatic rings. The second-order valence-electron chi connectivity index (χ2n) is 6.10. The Hall–Kier alpha value is -2.80. The highest BCUT2D eigenvalue weighted by Crippen LogP contribution is 2.33. The quantitative estimate of drug-likeness (QED) is 0.610. The molecule has 1 N–H and O–H groups in total. The molecule has 140 valence electrons. The van der Waals surface area contributed by atoms with Gasteiger partial charge in [-0.05, 0) is 49.6 Å². The fourth-order valence-corrected chi connectivity index (χ4v) is 3.26. The Morgan fingerprint density at radius 2 is 2.04 bits per heavy atom. The first-order chi connectivity index (χ1) is 13.0. The summed E-state index contributed by atoms with van der Waals surface area (Å²) in [6.07, 6.45) is 2.11. The van der Waals surface area contributed by atoms with Crippen LogP contribution in [0.2, 0.25) is 0 Å². The Morgan fingerprint density at radius 1 is 1.22 bits per heavy atom. The smallest absolute Gasteiger partial charge is 0.265 e. The zero-order valence-electron chi connectivity index (χ0n) is 15.2. The molecule has 2 aromatic carbocycles. The number of Topliss-reactive ketones (excluding diaryl/α,β-unsaturated/α-hetero) is 1. The number of nitrogens with one attached hydrogen (secondary N) is 1. The lowest BCUT2D eigenvalue weighted by Gasteiger charge is -2.29. The van der Waals surface area contributed by atoms with Gasteiger partial charge in [0.1, 0.15) is 5.75 Å². The highest BCUT2D eigenvalue weighted by Gasteiger charge is 2.26. The van der Waals surface area contributed by atoms with Crippen molar-refractivity contribution in [1.29, 1.82) is 0 Å². The minimum Gasteiger partial charge on any atom is -0.482 e. The van der Waals surface area contributed by atoms with Crippen LogP contribution in [0.3, 0.4) is 0 Å². The highest BCUT2D eigenvalue weighted by atomic mass is 32.2. The molecule has 0 unspecified atom stereocenters. The van der Waals surface area contributed by atoms with E-state index in [1.165, 1.54) is 11.8 Å². The van der Waals surface area contributed by atoms with E-state index in [2.05, 4.69) is 5.32 Å². The van der Waals surface area contributed by atoms with Crippen molar-refractivity contribution < 1.29 is 19.1 Å². The maximum Gasteiger partial charge on any atom is 0.265 e. The maximum atomic E-state index is 12.3. The van der Waals surface area contributed by atoms with Crippen LogP contribution < -0.4 is 15.0 Å². The number of thioether (sulfide) groups is 1. The van der Waals surface area contributed by atoms with E-state index in [0.29, 0.717) is 17.0 Å².